The lowest BCUT2D eigenvalue weighted by Gasteiger charge is -2.25. The molecule has 0 saturated heterocycles. The summed E-state index contributed by atoms with van der Waals surface area (Å²) in [6.07, 6.45) is 2.31. The number of hydrogen-bond acceptors (Lipinski definition) is 1. The molecule has 1 spiro atoms. The number of furan rings is 1. The summed E-state index contributed by atoms with van der Waals surface area (Å²) < 4.78 is 65.9. The van der Waals surface area contributed by atoms with Gasteiger partial charge in [0.15, 0.2) is 22.8 Å². The number of benzene rings is 7. The van der Waals surface area contributed by atoms with Crippen LogP contribution < -0.4 is 14.3 Å². The topological polar surface area (TPSA) is 25.8 Å². The Morgan fingerprint density at radius 1 is 0.697 bits per heavy atom. The third-order valence-electron chi connectivity index (χ3n) is 14.5. The predicted molar refractivity (Wildman–Crippen MR) is 273 cm³/mol. The normalized spacial score (nSPS) is 16.6. The van der Waals surface area contributed by atoms with Gasteiger partial charge in [0.05, 0.1) is 24.8 Å². The van der Waals surface area contributed by atoms with E-state index >= 15 is 4.39 Å². The molecule has 326 valence electrons. The number of halogens is 1. The summed E-state index contributed by atoms with van der Waals surface area (Å²) in [5.41, 5.74) is 13.2. The quantitative estimate of drug-likeness (QED) is 0.121. The highest BCUT2D eigenvalue weighted by atomic mass is 28.3. The lowest BCUT2D eigenvalue weighted by Crippen LogP contribution is -2.72. The van der Waals surface area contributed by atoms with Crippen LogP contribution in [0.2, 0.25) is 19.6 Å². The van der Waals surface area contributed by atoms with Gasteiger partial charge in [-0.2, -0.15) is 4.57 Å². The number of rotatable bonds is 6. The van der Waals surface area contributed by atoms with Gasteiger partial charge in [0.1, 0.15) is 22.7 Å². The van der Waals surface area contributed by atoms with Crippen molar-refractivity contribution < 1.29 is 23.4 Å². The van der Waals surface area contributed by atoms with Crippen LogP contribution in [0.3, 0.4) is 0 Å². The summed E-state index contributed by atoms with van der Waals surface area (Å²) in [4.78, 5) is 0. The Kier molecular flexibility index (Phi) is 7.86. The zero-order valence-electron chi connectivity index (χ0n) is 43.1. The standard InChI is InChI=1S/C60H56FN3OSi/c1-34(2)46-32-52-45-23-20-37(7)28-50(45)60(62(52)33-54(46)66(8,9)10)49-26-25-44-43-24-22-41(61)31-53(43)65-58(44)55(49)59-63(57-42-19-15-14-18-39(42)21-27-51(57)64(59)60)56-47(35(3)4)29-40(30-48(56)36(5)6)38-16-12-11-13-17-38/h11-36H,1-10H3/q+2/i7D3,34D. The van der Waals surface area contributed by atoms with Crippen LogP contribution in [0.4, 0.5) is 4.39 Å². The first-order valence-electron chi connectivity index (χ1n) is 25.3. The molecule has 0 aliphatic carbocycles. The van der Waals surface area contributed by atoms with Crippen molar-refractivity contribution in [2.75, 3.05) is 0 Å². The molecule has 66 heavy (non-hydrogen) atoms. The first kappa shape index (κ1) is 36.6. The third-order valence-corrected chi connectivity index (χ3v) is 16.5. The van der Waals surface area contributed by atoms with E-state index in [4.69, 9.17) is 8.53 Å². The molecule has 0 radical (unpaired) electrons. The monoisotopic (exact) mass is 885 g/mol. The minimum atomic E-state index is -2.40. The molecule has 0 amide bonds. The van der Waals surface area contributed by atoms with Crippen molar-refractivity contribution in [2.45, 2.75) is 91.4 Å². The van der Waals surface area contributed by atoms with E-state index in [0.29, 0.717) is 11.2 Å². The molecular weight excluding hydrogens is 826 g/mol. The van der Waals surface area contributed by atoms with Crippen LogP contribution in [0, 0.1) is 12.7 Å². The fourth-order valence-corrected chi connectivity index (χ4v) is 13.2. The molecule has 2 aliphatic heterocycles. The van der Waals surface area contributed by atoms with Gasteiger partial charge in [0.25, 0.3) is 0 Å². The van der Waals surface area contributed by atoms with Gasteiger partial charge in [-0.1, -0.05) is 121 Å². The molecule has 6 heteroatoms. The van der Waals surface area contributed by atoms with Crippen molar-refractivity contribution in [1.29, 1.82) is 0 Å². The van der Waals surface area contributed by atoms with Gasteiger partial charge in [-0.3, -0.25) is 0 Å². The van der Waals surface area contributed by atoms with Gasteiger partial charge in [-0.25, -0.2) is 4.39 Å². The molecule has 1 atom stereocenters. The van der Waals surface area contributed by atoms with Crippen molar-refractivity contribution in [2.24, 2.45) is 0 Å². The van der Waals surface area contributed by atoms with Crippen LogP contribution in [-0.2, 0) is 5.66 Å². The molecule has 7 aromatic carbocycles. The van der Waals surface area contributed by atoms with Gasteiger partial charge >= 0.3 is 11.5 Å². The largest absolute Gasteiger partial charge is 0.455 e. The Balaban J connectivity index is 1.38. The Morgan fingerprint density at radius 2 is 1.42 bits per heavy atom. The Morgan fingerprint density at radius 3 is 2.14 bits per heavy atom. The van der Waals surface area contributed by atoms with E-state index in [0.717, 1.165) is 93.9 Å². The van der Waals surface area contributed by atoms with Crippen LogP contribution in [0.5, 0.6) is 0 Å². The van der Waals surface area contributed by atoms with Crippen LogP contribution >= 0.6 is 0 Å². The summed E-state index contributed by atoms with van der Waals surface area (Å²) in [5, 5.41) is 4.99. The first-order chi connectivity index (χ1) is 33.2. The van der Waals surface area contributed by atoms with Crippen molar-refractivity contribution in [3.63, 3.8) is 0 Å². The Hall–Kier alpha value is -6.63. The SMILES string of the molecule is [2H]C([2H])([2H])c1ccc2c(c1)C1(c3ccc4c(oc5cc(F)ccc54)c3-c3n(-c4c(C(C)C)cc(-c5ccccc5)cc4C(C)C)c4c5ccccc5ccc4[n+]31)[n+]1cc([Si](C)(C)C)c(C([2H])(C)C)cc1-2. The third kappa shape index (κ3) is 5.48. The summed E-state index contributed by atoms with van der Waals surface area (Å²) in [6.45, 7) is 17.6. The molecule has 0 fully saturated rings. The second kappa shape index (κ2) is 14.2. The lowest BCUT2D eigenvalue weighted by molar-refractivity contribution is -0.944. The Labute approximate surface area is 393 Å². The average Bonchev–Trinajstić information content (AvgIpc) is 4.03. The minimum Gasteiger partial charge on any atom is -0.455 e. The molecule has 0 bridgehead atoms. The Bertz CT molecular complexity index is 3840. The van der Waals surface area contributed by atoms with Gasteiger partial charge in [-0.15, -0.1) is 9.13 Å². The molecule has 0 N–H and O–H groups in total. The molecule has 0 saturated carbocycles. The summed E-state index contributed by atoms with van der Waals surface area (Å²) in [6, 6.07) is 45.3. The molecule has 4 nitrogen and oxygen atoms in total. The highest BCUT2D eigenvalue weighted by Gasteiger charge is 2.67. The summed E-state index contributed by atoms with van der Waals surface area (Å²) in [5.74, 6) is -0.232. The number of nitrogens with zero attached hydrogens (tertiary/aromatic N) is 3. The van der Waals surface area contributed by atoms with Crippen molar-refractivity contribution >= 4 is 57.0 Å². The number of aryl methyl sites for hydroxylation is 1. The maximum absolute atomic E-state index is 15.3. The molecule has 1 unspecified atom stereocenters. The maximum Gasteiger partial charge on any atom is 0.364 e. The van der Waals surface area contributed by atoms with E-state index in [9.17, 15) is 1.37 Å². The van der Waals surface area contributed by atoms with E-state index in [1.807, 2.05) is 32.0 Å². The molecule has 3 aromatic heterocycles. The lowest BCUT2D eigenvalue weighted by atomic mass is 9.87. The van der Waals surface area contributed by atoms with Gasteiger partial charge in [0.2, 0.25) is 5.69 Å². The van der Waals surface area contributed by atoms with Crippen LogP contribution in [0.1, 0.15) is 98.1 Å². The average molecular weight is 886 g/mol. The number of imidazole rings is 1. The van der Waals surface area contributed by atoms with Crippen LogP contribution in [0.15, 0.2) is 144 Å². The van der Waals surface area contributed by atoms with Gasteiger partial charge in [-0.05, 0) is 113 Å². The van der Waals surface area contributed by atoms with Crippen LogP contribution in [-0.4, -0.2) is 12.6 Å². The second-order valence-electron chi connectivity index (χ2n) is 20.5. The maximum atomic E-state index is 15.3. The van der Waals surface area contributed by atoms with Crippen LogP contribution in [0.25, 0.3) is 83.2 Å². The summed E-state index contributed by atoms with van der Waals surface area (Å²) >= 11 is 0. The zero-order chi connectivity index (χ0) is 49.1. The van der Waals surface area contributed by atoms with Crippen molar-refractivity contribution in [1.82, 2.24) is 4.57 Å². The van der Waals surface area contributed by atoms with Gasteiger partial charge < -0.3 is 4.42 Å². The molecule has 5 heterocycles. The smallest absolute Gasteiger partial charge is 0.364 e. The number of pyridine rings is 1. The van der Waals surface area contributed by atoms with Crippen molar-refractivity contribution in [3.05, 3.63) is 179 Å². The van der Waals surface area contributed by atoms with E-state index in [-0.39, 0.29) is 23.2 Å². The van der Waals surface area contributed by atoms with Crippen molar-refractivity contribution in [3.8, 4) is 39.5 Å². The first-order valence-corrected chi connectivity index (χ1v) is 26.8. The van der Waals surface area contributed by atoms with E-state index in [1.54, 1.807) is 6.07 Å². The highest BCUT2D eigenvalue weighted by molar-refractivity contribution is 6.89. The zero-order valence-corrected chi connectivity index (χ0v) is 40.1. The number of hydrogen-bond donors (Lipinski definition) is 0. The minimum absolute atomic E-state index is 0.0964. The van der Waals surface area contributed by atoms with E-state index in [2.05, 4.69) is 164 Å². The number of fused-ring (bicyclic) bond motifs is 18. The van der Waals surface area contributed by atoms with Gasteiger partial charge in [0, 0.05) is 50.1 Å². The molecule has 2 aliphatic rings. The summed E-state index contributed by atoms with van der Waals surface area (Å²) in [7, 11) is -2.21. The molecule has 12 rings (SSSR count). The molecular formula is C60H56FN3OSi+2. The van der Waals surface area contributed by atoms with E-state index < -0.39 is 26.5 Å². The number of aromatic nitrogens is 3. The highest BCUT2D eigenvalue weighted by Crippen LogP contribution is 2.54. The predicted octanol–water partition coefficient (Wildman–Crippen LogP) is 14.5. The fraction of sp³-hybridized carbons (Fsp3) is 0.233. The second-order valence-corrected chi connectivity index (χ2v) is 25.5. The van der Waals surface area contributed by atoms with E-state index in [1.165, 1.54) is 23.3 Å². The molecule has 10 aromatic rings. The fourth-order valence-electron chi connectivity index (χ4n) is 11.5.